The fourth-order valence-corrected chi connectivity index (χ4v) is 3.43. The van der Waals surface area contributed by atoms with Crippen molar-refractivity contribution in [3.63, 3.8) is 0 Å². The van der Waals surface area contributed by atoms with Crippen molar-refractivity contribution in [3.05, 3.63) is 71.8 Å². The molecule has 25 heavy (non-hydrogen) atoms. The lowest BCUT2D eigenvalue weighted by atomic mass is 9.95. The lowest BCUT2D eigenvalue weighted by Gasteiger charge is -2.28. The van der Waals surface area contributed by atoms with E-state index in [0.717, 1.165) is 37.2 Å². The molecule has 0 aliphatic carbocycles. The summed E-state index contributed by atoms with van der Waals surface area (Å²) in [5, 5.41) is 0. The van der Waals surface area contributed by atoms with Crippen LogP contribution in [0.4, 0.5) is 0 Å². The normalized spacial score (nSPS) is 16.3. The molecule has 1 aliphatic rings. The molecule has 0 saturated carbocycles. The van der Waals surface area contributed by atoms with Crippen molar-refractivity contribution in [1.29, 1.82) is 0 Å². The molecule has 2 aromatic carbocycles. The first-order valence-corrected chi connectivity index (χ1v) is 9.31. The van der Waals surface area contributed by atoms with Crippen molar-refractivity contribution in [1.82, 2.24) is 4.90 Å². The van der Waals surface area contributed by atoms with E-state index in [2.05, 4.69) is 4.90 Å². The van der Waals surface area contributed by atoms with Crippen LogP contribution in [0.3, 0.4) is 0 Å². The highest BCUT2D eigenvalue weighted by Crippen LogP contribution is 2.23. The van der Waals surface area contributed by atoms with Gasteiger partial charge in [-0.2, -0.15) is 0 Å². The van der Waals surface area contributed by atoms with Crippen molar-refractivity contribution < 1.29 is 9.53 Å². The van der Waals surface area contributed by atoms with Gasteiger partial charge in [0, 0.05) is 0 Å². The van der Waals surface area contributed by atoms with Crippen LogP contribution in [-0.4, -0.2) is 30.5 Å². The second-order valence-corrected chi connectivity index (χ2v) is 6.75. The van der Waals surface area contributed by atoms with E-state index < -0.39 is 0 Å². The van der Waals surface area contributed by atoms with Gasteiger partial charge in [-0.3, -0.25) is 4.79 Å². The number of carbonyl (C=O) groups is 1. The highest BCUT2D eigenvalue weighted by Gasteiger charge is 2.23. The molecule has 1 aliphatic heterocycles. The van der Waals surface area contributed by atoms with Crippen LogP contribution in [0.25, 0.3) is 0 Å². The highest BCUT2D eigenvalue weighted by molar-refractivity contribution is 5.78. The fourth-order valence-electron chi connectivity index (χ4n) is 3.43. The first kappa shape index (κ1) is 17.7. The van der Waals surface area contributed by atoms with E-state index in [0.29, 0.717) is 6.61 Å². The molecule has 0 amide bonds. The van der Waals surface area contributed by atoms with Gasteiger partial charge in [0.15, 0.2) is 0 Å². The maximum absolute atomic E-state index is 12.7. The lowest BCUT2D eigenvalue weighted by Crippen LogP contribution is -2.32. The third kappa shape index (κ3) is 5.43. The Balaban J connectivity index is 1.61. The molecule has 1 saturated heterocycles. The zero-order valence-electron chi connectivity index (χ0n) is 14.8. The van der Waals surface area contributed by atoms with E-state index in [1.807, 2.05) is 60.7 Å². The zero-order chi connectivity index (χ0) is 17.3. The molecular weight excluding hydrogens is 310 g/mol. The quantitative estimate of drug-likeness (QED) is 0.702. The number of benzene rings is 2. The Bertz CT molecular complexity index is 636. The van der Waals surface area contributed by atoms with Crippen LogP contribution in [0, 0.1) is 0 Å². The predicted molar refractivity (Wildman–Crippen MR) is 100 cm³/mol. The van der Waals surface area contributed by atoms with Gasteiger partial charge >= 0.3 is 5.97 Å². The number of hydrogen-bond donors (Lipinski definition) is 0. The second kappa shape index (κ2) is 9.38. The van der Waals surface area contributed by atoms with Gasteiger partial charge in [0.1, 0.15) is 6.61 Å². The summed E-state index contributed by atoms with van der Waals surface area (Å²) in [5.74, 6) is -0.307. The molecule has 1 unspecified atom stereocenters. The molecule has 1 fully saturated rings. The average molecular weight is 337 g/mol. The van der Waals surface area contributed by atoms with Gasteiger partial charge in [0.05, 0.1) is 5.92 Å². The van der Waals surface area contributed by atoms with E-state index >= 15 is 0 Å². The Morgan fingerprint density at radius 3 is 2.24 bits per heavy atom. The molecule has 132 valence electrons. The first-order chi connectivity index (χ1) is 12.3. The van der Waals surface area contributed by atoms with Gasteiger partial charge in [0.25, 0.3) is 0 Å². The SMILES string of the molecule is O=C(OCc1ccccc1)C(CCN1CCCCC1)c1ccccc1. The van der Waals surface area contributed by atoms with Gasteiger partial charge in [-0.1, -0.05) is 67.1 Å². The Kier molecular flexibility index (Phi) is 6.63. The maximum Gasteiger partial charge on any atom is 0.313 e. The summed E-state index contributed by atoms with van der Waals surface area (Å²) in [4.78, 5) is 15.2. The number of hydrogen-bond acceptors (Lipinski definition) is 3. The van der Waals surface area contributed by atoms with Gasteiger partial charge in [0.2, 0.25) is 0 Å². The van der Waals surface area contributed by atoms with E-state index in [-0.39, 0.29) is 11.9 Å². The highest BCUT2D eigenvalue weighted by atomic mass is 16.5. The molecular formula is C22H27NO2. The monoisotopic (exact) mass is 337 g/mol. The van der Waals surface area contributed by atoms with E-state index in [1.54, 1.807) is 0 Å². The van der Waals surface area contributed by atoms with E-state index in [4.69, 9.17) is 4.74 Å². The Morgan fingerprint density at radius 2 is 1.56 bits per heavy atom. The van der Waals surface area contributed by atoms with Crippen molar-refractivity contribution in [2.45, 2.75) is 38.2 Å². The average Bonchev–Trinajstić information content (AvgIpc) is 2.69. The number of carbonyl (C=O) groups excluding carboxylic acids is 1. The van der Waals surface area contributed by atoms with Crippen LogP contribution < -0.4 is 0 Å². The molecule has 0 N–H and O–H groups in total. The standard InChI is InChI=1S/C22H27NO2/c24-22(25-18-19-10-4-1-5-11-19)21(20-12-6-2-7-13-20)14-17-23-15-8-3-9-16-23/h1-2,4-7,10-13,21H,3,8-9,14-18H2. The van der Waals surface area contributed by atoms with Crippen molar-refractivity contribution in [2.75, 3.05) is 19.6 Å². The Hall–Kier alpha value is -2.13. The number of piperidine rings is 1. The van der Waals surface area contributed by atoms with Gasteiger partial charge in [-0.05, 0) is 50.0 Å². The minimum absolute atomic E-state index is 0.118. The third-order valence-electron chi connectivity index (χ3n) is 4.89. The number of rotatable bonds is 7. The summed E-state index contributed by atoms with van der Waals surface area (Å²) in [5.41, 5.74) is 2.08. The minimum Gasteiger partial charge on any atom is -0.460 e. The first-order valence-electron chi connectivity index (χ1n) is 9.31. The third-order valence-corrected chi connectivity index (χ3v) is 4.89. The smallest absolute Gasteiger partial charge is 0.313 e. The van der Waals surface area contributed by atoms with Crippen LogP contribution in [0.15, 0.2) is 60.7 Å². The summed E-state index contributed by atoms with van der Waals surface area (Å²) in [7, 11) is 0. The van der Waals surface area contributed by atoms with Crippen LogP contribution >= 0.6 is 0 Å². The number of esters is 1. The molecule has 0 bridgehead atoms. The molecule has 3 heteroatoms. The Morgan fingerprint density at radius 1 is 0.920 bits per heavy atom. The lowest BCUT2D eigenvalue weighted by molar-refractivity contribution is -0.147. The molecule has 3 rings (SSSR count). The van der Waals surface area contributed by atoms with E-state index in [1.165, 1.54) is 19.3 Å². The Labute approximate surface area is 150 Å². The largest absolute Gasteiger partial charge is 0.460 e. The number of nitrogens with zero attached hydrogens (tertiary/aromatic N) is 1. The summed E-state index contributed by atoms with van der Waals surface area (Å²) < 4.78 is 5.63. The summed E-state index contributed by atoms with van der Waals surface area (Å²) in [6, 6.07) is 19.9. The number of ether oxygens (including phenoxy) is 1. The summed E-state index contributed by atoms with van der Waals surface area (Å²) in [6.07, 6.45) is 4.69. The van der Waals surface area contributed by atoms with E-state index in [9.17, 15) is 4.79 Å². The van der Waals surface area contributed by atoms with Gasteiger partial charge in [-0.15, -0.1) is 0 Å². The van der Waals surface area contributed by atoms with Crippen molar-refractivity contribution >= 4 is 5.97 Å². The molecule has 0 aromatic heterocycles. The molecule has 3 nitrogen and oxygen atoms in total. The van der Waals surface area contributed by atoms with Crippen LogP contribution in [0.2, 0.25) is 0 Å². The van der Waals surface area contributed by atoms with Crippen LogP contribution in [0.5, 0.6) is 0 Å². The number of likely N-dealkylation sites (tertiary alicyclic amines) is 1. The van der Waals surface area contributed by atoms with Gasteiger partial charge < -0.3 is 9.64 Å². The molecule has 0 radical (unpaired) electrons. The zero-order valence-corrected chi connectivity index (χ0v) is 14.8. The minimum atomic E-state index is -0.188. The van der Waals surface area contributed by atoms with Crippen molar-refractivity contribution in [3.8, 4) is 0 Å². The summed E-state index contributed by atoms with van der Waals surface area (Å²) in [6.45, 7) is 3.61. The topological polar surface area (TPSA) is 29.5 Å². The fraction of sp³-hybridized carbons (Fsp3) is 0.409. The molecule has 0 spiro atoms. The molecule has 1 atom stereocenters. The molecule has 1 heterocycles. The van der Waals surface area contributed by atoms with Crippen molar-refractivity contribution in [2.24, 2.45) is 0 Å². The van der Waals surface area contributed by atoms with Crippen LogP contribution in [-0.2, 0) is 16.1 Å². The van der Waals surface area contributed by atoms with Crippen LogP contribution in [0.1, 0.15) is 42.7 Å². The second-order valence-electron chi connectivity index (χ2n) is 6.75. The summed E-state index contributed by atoms with van der Waals surface area (Å²) >= 11 is 0. The maximum atomic E-state index is 12.7. The van der Waals surface area contributed by atoms with Gasteiger partial charge in [-0.25, -0.2) is 0 Å². The predicted octanol–water partition coefficient (Wildman–Crippen LogP) is 4.39. The molecule has 2 aromatic rings.